The Balaban J connectivity index is 2.22. The summed E-state index contributed by atoms with van der Waals surface area (Å²) in [5.41, 5.74) is 3.30. The molecule has 0 spiro atoms. The van der Waals surface area contributed by atoms with Crippen molar-refractivity contribution in [2.45, 2.75) is 0 Å². The molecule has 1 aromatic carbocycles. The monoisotopic (exact) mass is 340 g/mol. The maximum Gasteiger partial charge on any atom is 0.295 e. The molecule has 6 nitrogen and oxygen atoms in total. The van der Waals surface area contributed by atoms with Crippen LogP contribution in [0.5, 0.6) is 0 Å². The van der Waals surface area contributed by atoms with Gasteiger partial charge < -0.3 is 0 Å². The molecule has 106 valence electrons. The molecule has 0 atom stereocenters. The van der Waals surface area contributed by atoms with Crippen molar-refractivity contribution in [3.63, 3.8) is 0 Å². The smallest absolute Gasteiger partial charge is 0.272 e. The number of nitro benzene ring substituents is 1. The van der Waals surface area contributed by atoms with Crippen LogP contribution >= 0.6 is 34.5 Å². The molecule has 1 aromatic heterocycles. The number of anilines is 1. The minimum Gasteiger partial charge on any atom is -0.272 e. The van der Waals surface area contributed by atoms with E-state index in [9.17, 15) is 10.1 Å². The Hall–Kier alpha value is -2.14. The SMILES string of the molecule is N#Cc1ccc(NN=Cc2cc(Cl)sc2Cl)c([N+](=O)[O-])c1. The first kappa shape index (κ1) is 15.3. The third-order valence-corrected chi connectivity index (χ3v) is 3.91. The van der Waals surface area contributed by atoms with Gasteiger partial charge in [-0.25, -0.2) is 0 Å². The zero-order chi connectivity index (χ0) is 15.4. The van der Waals surface area contributed by atoms with Crippen molar-refractivity contribution in [1.29, 1.82) is 5.26 Å². The number of nitrogens with zero attached hydrogens (tertiary/aromatic N) is 3. The summed E-state index contributed by atoms with van der Waals surface area (Å²) in [6, 6.07) is 7.52. The first-order chi connectivity index (χ1) is 10.0. The highest BCUT2D eigenvalue weighted by Crippen LogP contribution is 2.30. The van der Waals surface area contributed by atoms with Gasteiger partial charge in [-0.1, -0.05) is 23.2 Å². The van der Waals surface area contributed by atoms with Crippen molar-refractivity contribution in [3.05, 3.63) is 54.2 Å². The summed E-state index contributed by atoms with van der Waals surface area (Å²) in [7, 11) is 0. The molecule has 1 heterocycles. The molecular formula is C12H6Cl2N4O2S. The number of rotatable bonds is 4. The summed E-state index contributed by atoms with van der Waals surface area (Å²) < 4.78 is 0.991. The molecule has 0 bridgehead atoms. The van der Waals surface area contributed by atoms with Crippen LogP contribution in [-0.2, 0) is 0 Å². The van der Waals surface area contributed by atoms with Crippen molar-refractivity contribution in [3.8, 4) is 6.07 Å². The van der Waals surface area contributed by atoms with Gasteiger partial charge in [0.05, 0.1) is 27.1 Å². The van der Waals surface area contributed by atoms with Gasteiger partial charge in [0, 0.05) is 11.6 Å². The number of nitro groups is 1. The van der Waals surface area contributed by atoms with Gasteiger partial charge in [-0.15, -0.1) is 11.3 Å². The first-order valence-corrected chi connectivity index (χ1v) is 7.01. The minimum atomic E-state index is -0.590. The average molecular weight is 341 g/mol. The molecule has 21 heavy (non-hydrogen) atoms. The molecule has 9 heteroatoms. The van der Waals surface area contributed by atoms with Gasteiger partial charge in [-0.05, 0) is 18.2 Å². The number of hydrazone groups is 1. The summed E-state index contributed by atoms with van der Waals surface area (Å²) in [5.74, 6) is 0. The number of benzene rings is 1. The Morgan fingerprint density at radius 2 is 2.19 bits per heavy atom. The molecule has 0 fully saturated rings. The topological polar surface area (TPSA) is 91.3 Å². The summed E-state index contributed by atoms with van der Waals surface area (Å²) >= 11 is 12.9. The number of nitriles is 1. The third-order valence-electron chi connectivity index (χ3n) is 2.40. The molecule has 0 radical (unpaired) electrons. The van der Waals surface area contributed by atoms with Crippen LogP contribution in [0.4, 0.5) is 11.4 Å². The molecule has 2 rings (SSSR count). The Morgan fingerprint density at radius 3 is 2.76 bits per heavy atom. The van der Waals surface area contributed by atoms with E-state index in [1.807, 2.05) is 6.07 Å². The maximum atomic E-state index is 10.9. The Morgan fingerprint density at radius 1 is 1.43 bits per heavy atom. The number of halogens is 2. The standard InChI is InChI=1S/C12H6Cl2N4O2S/c13-11-4-8(12(14)21-11)6-16-17-9-2-1-7(5-15)3-10(9)18(19)20/h1-4,6,17H. The lowest BCUT2D eigenvalue weighted by molar-refractivity contribution is -0.384. The quantitative estimate of drug-likeness (QED) is 0.510. The second kappa shape index (κ2) is 6.54. The maximum absolute atomic E-state index is 10.9. The van der Waals surface area contributed by atoms with E-state index in [0.717, 1.165) is 0 Å². The van der Waals surface area contributed by atoms with E-state index >= 15 is 0 Å². The van der Waals surface area contributed by atoms with E-state index in [2.05, 4.69) is 10.5 Å². The molecule has 0 amide bonds. The molecule has 2 aromatic rings. The lowest BCUT2D eigenvalue weighted by Crippen LogP contribution is -1.97. The van der Waals surface area contributed by atoms with E-state index in [1.54, 1.807) is 6.07 Å². The predicted molar refractivity (Wildman–Crippen MR) is 83.4 cm³/mol. The largest absolute Gasteiger partial charge is 0.295 e. The second-order valence-corrected chi connectivity index (χ2v) is 6.04. The lowest BCUT2D eigenvalue weighted by atomic mass is 10.2. The van der Waals surface area contributed by atoms with Gasteiger partial charge >= 0.3 is 0 Å². The summed E-state index contributed by atoms with van der Waals surface area (Å²) in [5, 5.41) is 23.6. The molecule has 0 aliphatic heterocycles. The zero-order valence-electron chi connectivity index (χ0n) is 10.2. The van der Waals surface area contributed by atoms with Gasteiger partial charge in [0.2, 0.25) is 0 Å². The summed E-state index contributed by atoms with van der Waals surface area (Å²) in [4.78, 5) is 10.4. The van der Waals surface area contributed by atoms with Crippen molar-refractivity contribution < 1.29 is 4.92 Å². The molecule has 0 unspecified atom stereocenters. The predicted octanol–water partition coefficient (Wildman–Crippen LogP) is 4.28. The van der Waals surface area contributed by atoms with Crippen LogP contribution < -0.4 is 5.43 Å². The number of hydrogen-bond acceptors (Lipinski definition) is 6. The van der Waals surface area contributed by atoms with Gasteiger partial charge in [0.25, 0.3) is 5.69 Å². The van der Waals surface area contributed by atoms with Crippen LogP contribution in [-0.4, -0.2) is 11.1 Å². The van der Waals surface area contributed by atoms with Crippen molar-refractivity contribution >= 4 is 52.1 Å². The molecule has 1 N–H and O–H groups in total. The Kier molecular flexibility index (Phi) is 4.75. The van der Waals surface area contributed by atoms with Crippen LogP contribution in [0.1, 0.15) is 11.1 Å². The van der Waals surface area contributed by atoms with Crippen LogP contribution in [0.15, 0.2) is 29.4 Å². The van der Waals surface area contributed by atoms with E-state index in [1.165, 1.54) is 35.8 Å². The minimum absolute atomic E-state index is 0.174. The van der Waals surface area contributed by atoms with Crippen LogP contribution in [0, 0.1) is 21.4 Å². The van der Waals surface area contributed by atoms with E-state index in [4.69, 9.17) is 28.5 Å². The zero-order valence-corrected chi connectivity index (χ0v) is 12.5. The van der Waals surface area contributed by atoms with Crippen molar-refractivity contribution in [1.82, 2.24) is 0 Å². The summed E-state index contributed by atoms with van der Waals surface area (Å²) in [6.07, 6.45) is 1.41. The van der Waals surface area contributed by atoms with Gasteiger partial charge in [-0.2, -0.15) is 10.4 Å². The van der Waals surface area contributed by atoms with Crippen LogP contribution in [0.25, 0.3) is 0 Å². The van der Waals surface area contributed by atoms with Crippen LogP contribution in [0.3, 0.4) is 0 Å². The summed E-state index contributed by atoms with van der Waals surface area (Å²) in [6.45, 7) is 0. The van der Waals surface area contributed by atoms with Crippen molar-refractivity contribution in [2.75, 3.05) is 5.43 Å². The lowest BCUT2D eigenvalue weighted by Gasteiger charge is -2.01. The van der Waals surface area contributed by atoms with Gasteiger partial charge in [0.1, 0.15) is 10.0 Å². The number of thiophene rings is 1. The average Bonchev–Trinajstić information content (AvgIpc) is 2.77. The first-order valence-electron chi connectivity index (χ1n) is 5.43. The fraction of sp³-hybridized carbons (Fsp3) is 0. The molecule has 0 saturated heterocycles. The van der Waals surface area contributed by atoms with Gasteiger partial charge in [0.15, 0.2) is 0 Å². The van der Waals surface area contributed by atoms with E-state index in [0.29, 0.717) is 14.2 Å². The second-order valence-electron chi connectivity index (χ2n) is 3.75. The third kappa shape index (κ3) is 3.70. The van der Waals surface area contributed by atoms with Gasteiger partial charge in [-0.3, -0.25) is 15.5 Å². The highest BCUT2D eigenvalue weighted by atomic mass is 35.5. The fourth-order valence-corrected chi connectivity index (χ4v) is 2.87. The van der Waals surface area contributed by atoms with Crippen LogP contribution in [0.2, 0.25) is 8.67 Å². The molecule has 0 aliphatic rings. The van der Waals surface area contributed by atoms with E-state index < -0.39 is 4.92 Å². The molecule has 0 aliphatic carbocycles. The fourth-order valence-electron chi connectivity index (χ4n) is 1.46. The number of hydrogen-bond donors (Lipinski definition) is 1. The van der Waals surface area contributed by atoms with Crippen molar-refractivity contribution in [2.24, 2.45) is 5.10 Å². The number of nitrogens with one attached hydrogen (secondary N) is 1. The Labute approximate surface area is 133 Å². The highest BCUT2D eigenvalue weighted by molar-refractivity contribution is 7.20. The highest BCUT2D eigenvalue weighted by Gasteiger charge is 2.14. The molecule has 0 saturated carbocycles. The van der Waals surface area contributed by atoms with E-state index in [-0.39, 0.29) is 16.9 Å². The Bertz CT molecular complexity index is 767. The normalized spacial score (nSPS) is 10.5. The molecular weight excluding hydrogens is 335 g/mol.